The number of hydrazone groups is 1. The lowest BCUT2D eigenvalue weighted by molar-refractivity contribution is 0.0950. The minimum atomic E-state index is -0.348. The van der Waals surface area contributed by atoms with Crippen LogP contribution in [0, 0.1) is 0 Å². The maximum Gasteiger partial charge on any atom is 0.289 e. The summed E-state index contributed by atoms with van der Waals surface area (Å²) in [5.41, 5.74) is 6.63. The fraction of sp³-hybridized carbons (Fsp3) is 0.150. The molecule has 2 N–H and O–H groups in total. The van der Waals surface area contributed by atoms with Crippen molar-refractivity contribution in [3.8, 4) is 17.0 Å². The fourth-order valence-corrected chi connectivity index (χ4v) is 2.41. The first-order valence-electron chi connectivity index (χ1n) is 8.31. The number of carbonyl (C=O) groups is 1. The maximum atomic E-state index is 12.2. The van der Waals surface area contributed by atoms with Crippen molar-refractivity contribution in [2.45, 2.75) is 13.3 Å². The fourth-order valence-electron chi connectivity index (χ4n) is 2.41. The summed E-state index contributed by atoms with van der Waals surface area (Å²) in [6, 6.07) is 17.2. The first kappa shape index (κ1) is 17.4. The highest BCUT2D eigenvalue weighted by Gasteiger charge is 2.10. The molecule has 0 atom stereocenters. The molecule has 0 aliphatic carbocycles. The number of nitrogens with zero attached hydrogens (tertiary/aromatic N) is 2. The van der Waals surface area contributed by atoms with Crippen LogP contribution in [0.1, 0.15) is 28.5 Å². The molecule has 0 aliphatic rings. The van der Waals surface area contributed by atoms with Crippen molar-refractivity contribution in [1.29, 1.82) is 0 Å². The van der Waals surface area contributed by atoms with Crippen LogP contribution in [0.3, 0.4) is 0 Å². The molecule has 1 amide bonds. The number of amides is 1. The Hall–Kier alpha value is -3.41. The van der Waals surface area contributed by atoms with Crippen molar-refractivity contribution in [3.63, 3.8) is 0 Å². The number of aromatic amines is 1. The third-order valence-corrected chi connectivity index (χ3v) is 3.98. The number of benzene rings is 2. The van der Waals surface area contributed by atoms with Crippen molar-refractivity contribution in [2.24, 2.45) is 5.10 Å². The number of nitrogens with one attached hydrogen (secondary N) is 2. The molecular weight excluding hydrogens is 328 g/mol. The minimum Gasteiger partial charge on any atom is -0.497 e. The van der Waals surface area contributed by atoms with E-state index in [4.69, 9.17) is 4.74 Å². The molecule has 0 unspecified atom stereocenters. The van der Waals surface area contributed by atoms with Crippen LogP contribution in [0.4, 0.5) is 0 Å². The number of H-pyrrole nitrogens is 1. The van der Waals surface area contributed by atoms with Crippen molar-refractivity contribution < 1.29 is 9.53 Å². The highest BCUT2D eigenvalue weighted by atomic mass is 16.5. The van der Waals surface area contributed by atoms with E-state index in [1.54, 1.807) is 19.4 Å². The summed E-state index contributed by atoms with van der Waals surface area (Å²) in [7, 11) is 1.61. The Morgan fingerprint density at radius 2 is 1.92 bits per heavy atom. The van der Waals surface area contributed by atoms with Gasteiger partial charge in [-0.05, 0) is 47.9 Å². The summed E-state index contributed by atoms with van der Waals surface area (Å²) in [4.78, 5) is 12.2. The standard InChI is InChI=1S/C20H20N4O2/c1-3-14-4-8-16(9-5-14)18-12-19(23-22-18)20(25)24-21-13-15-6-10-17(26-2)11-7-15/h4-13H,3H2,1-2H3,(H,22,23)(H,24,25)/b21-13-. The zero-order valence-corrected chi connectivity index (χ0v) is 14.7. The summed E-state index contributed by atoms with van der Waals surface area (Å²) < 4.78 is 5.10. The second-order valence-electron chi connectivity index (χ2n) is 5.69. The number of rotatable bonds is 6. The molecule has 6 heteroatoms. The van der Waals surface area contributed by atoms with Crippen molar-refractivity contribution in [3.05, 3.63) is 71.4 Å². The summed E-state index contributed by atoms with van der Waals surface area (Å²) in [5, 5.41) is 10.9. The summed E-state index contributed by atoms with van der Waals surface area (Å²) in [5.74, 6) is 0.418. The Kier molecular flexibility index (Phi) is 5.43. The Balaban J connectivity index is 1.62. The third-order valence-electron chi connectivity index (χ3n) is 3.98. The molecular formula is C20H20N4O2. The van der Waals surface area contributed by atoms with Crippen molar-refractivity contribution in [2.75, 3.05) is 7.11 Å². The highest BCUT2D eigenvalue weighted by Crippen LogP contribution is 2.18. The summed E-state index contributed by atoms with van der Waals surface area (Å²) >= 11 is 0. The number of hydrogen-bond donors (Lipinski definition) is 2. The minimum absolute atomic E-state index is 0.348. The maximum absolute atomic E-state index is 12.2. The lowest BCUT2D eigenvalue weighted by Crippen LogP contribution is -2.17. The quantitative estimate of drug-likeness (QED) is 0.529. The van der Waals surface area contributed by atoms with Crippen LogP contribution >= 0.6 is 0 Å². The first-order chi connectivity index (χ1) is 12.7. The molecule has 0 spiro atoms. The van der Waals surface area contributed by atoms with Gasteiger partial charge in [0.2, 0.25) is 0 Å². The van der Waals surface area contributed by atoms with Crippen LogP contribution in [0.15, 0.2) is 59.7 Å². The molecule has 0 bridgehead atoms. The largest absolute Gasteiger partial charge is 0.497 e. The Morgan fingerprint density at radius 1 is 1.19 bits per heavy atom. The van der Waals surface area contributed by atoms with Gasteiger partial charge in [0.25, 0.3) is 5.91 Å². The topological polar surface area (TPSA) is 79.4 Å². The second kappa shape index (κ2) is 8.11. The SMILES string of the molecule is CCc1ccc(-c2cc(C(=O)N/N=C\c3ccc(OC)cc3)[nH]n2)cc1. The van der Waals surface area contributed by atoms with Crippen LogP contribution in [0.25, 0.3) is 11.3 Å². The van der Waals surface area contributed by atoms with E-state index in [-0.39, 0.29) is 5.91 Å². The molecule has 0 radical (unpaired) electrons. The van der Waals surface area contributed by atoms with Gasteiger partial charge in [-0.1, -0.05) is 31.2 Å². The third kappa shape index (κ3) is 4.16. The zero-order valence-electron chi connectivity index (χ0n) is 14.7. The lowest BCUT2D eigenvalue weighted by atomic mass is 10.1. The van der Waals surface area contributed by atoms with Gasteiger partial charge in [-0.3, -0.25) is 9.89 Å². The number of hydrogen-bond acceptors (Lipinski definition) is 4. The number of aryl methyl sites for hydroxylation is 1. The van der Waals surface area contributed by atoms with Gasteiger partial charge in [0.05, 0.1) is 19.0 Å². The monoisotopic (exact) mass is 348 g/mol. The van der Waals surface area contributed by atoms with Crippen LogP contribution in [-0.2, 0) is 6.42 Å². The van der Waals surface area contributed by atoms with Gasteiger partial charge in [-0.15, -0.1) is 0 Å². The van der Waals surface area contributed by atoms with Gasteiger partial charge in [0.1, 0.15) is 11.4 Å². The predicted molar refractivity (Wildman–Crippen MR) is 101 cm³/mol. The average Bonchev–Trinajstić information content (AvgIpc) is 3.19. The Labute approximate surface area is 151 Å². The molecule has 0 saturated heterocycles. The van der Waals surface area contributed by atoms with Gasteiger partial charge in [-0.2, -0.15) is 10.2 Å². The number of methoxy groups -OCH3 is 1. The van der Waals surface area contributed by atoms with Gasteiger partial charge < -0.3 is 4.74 Å². The first-order valence-corrected chi connectivity index (χ1v) is 8.31. The summed E-state index contributed by atoms with van der Waals surface area (Å²) in [6.45, 7) is 2.11. The highest BCUT2D eigenvalue weighted by molar-refractivity contribution is 5.94. The van der Waals surface area contributed by atoms with Gasteiger partial charge in [0.15, 0.2) is 0 Å². The van der Waals surface area contributed by atoms with Crippen molar-refractivity contribution >= 4 is 12.1 Å². The average molecular weight is 348 g/mol. The van der Waals surface area contributed by atoms with E-state index in [1.165, 1.54) is 5.56 Å². The van der Waals surface area contributed by atoms with Crippen LogP contribution in [0.2, 0.25) is 0 Å². The van der Waals surface area contributed by atoms with E-state index in [2.05, 4.69) is 39.8 Å². The molecule has 3 aromatic rings. The normalized spacial score (nSPS) is 10.8. The van der Waals surface area contributed by atoms with E-state index in [1.807, 2.05) is 36.4 Å². The van der Waals surface area contributed by atoms with E-state index in [0.717, 1.165) is 29.0 Å². The second-order valence-corrected chi connectivity index (χ2v) is 5.69. The Bertz CT molecular complexity index is 896. The van der Waals surface area contributed by atoms with Gasteiger partial charge in [0, 0.05) is 5.56 Å². The van der Waals surface area contributed by atoms with E-state index < -0.39 is 0 Å². The number of carbonyl (C=O) groups excluding carboxylic acids is 1. The molecule has 2 aromatic carbocycles. The van der Waals surface area contributed by atoms with Crippen molar-refractivity contribution in [1.82, 2.24) is 15.6 Å². The van der Waals surface area contributed by atoms with E-state index in [9.17, 15) is 4.79 Å². The molecule has 26 heavy (non-hydrogen) atoms. The number of ether oxygens (including phenoxy) is 1. The molecule has 1 aromatic heterocycles. The molecule has 0 saturated carbocycles. The van der Waals surface area contributed by atoms with E-state index >= 15 is 0 Å². The molecule has 3 rings (SSSR count). The molecule has 1 heterocycles. The van der Waals surface area contributed by atoms with Crippen LogP contribution in [-0.4, -0.2) is 29.4 Å². The molecule has 6 nitrogen and oxygen atoms in total. The zero-order chi connectivity index (χ0) is 18.4. The van der Waals surface area contributed by atoms with Gasteiger partial charge >= 0.3 is 0 Å². The molecule has 132 valence electrons. The molecule has 0 fully saturated rings. The smallest absolute Gasteiger partial charge is 0.289 e. The van der Waals surface area contributed by atoms with Crippen LogP contribution < -0.4 is 10.2 Å². The summed E-state index contributed by atoms with van der Waals surface area (Å²) in [6.07, 6.45) is 2.55. The Morgan fingerprint density at radius 3 is 2.58 bits per heavy atom. The van der Waals surface area contributed by atoms with E-state index in [0.29, 0.717) is 5.69 Å². The molecule has 0 aliphatic heterocycles. The van der Waals surface area contributed by atoms with Gasteiger partial charge in [-0.25, -0.2) is 5.43 Å². The lowest BCUT2D eigenvalue weighted by Gasteiger charge is -1.99. The predicted octanol–water partition coefficient (Wildman–Crippen LogP) is 3.41. The van der Waals surface area contributed by atoms with Crippen LogP contribution in [0.5, 0.6) is 5.75 Å². The number of aromatic nitrogens is 2.